The molecule has 4 heterocycles. The molecule has 2 aromatic carbocycles. The van der Waals surface area contributed by atoms with E-state index in [0.29, 0.717) is 6.04 Å². The first-order valence-corrected chi connectivity index (χ1v) is 14.6. The van der Waals surface area contributed by atoms with Gasteiger partial charge in [-0.05, 0) is 54.0 Å². The Labute approximate surface area is 246 Å². The van der Waals surface area contributed by atoms with Crippen LogP contribution in [0.2, 0.25) is 0 Å². The Balaban J connectivity index is 0.000000830. The number of hydrogen-bond acceptors (Lipinski definition) is 6. The van der Waals surface area contributed by atoms with Gasteiger partial charge in [0.25, 0.3) is 0 Å². The number of aromatic nitrogens is 4. The van der Waals surface area contributed by atoms with Crippen LogP contribution in [-0.2, 0) is 9.59 Å². The number of amides is 2. The van der Waals surface area contributed by atoms with Gasteiger partial charge in [-0.2, -0.15) is 0 Å². The summed E-state index contributed by atoms with van der Waals surface area (Å²) >= 11 is 0. The lowest BCUT2D eigenvalue weighted by atomic mass is 10.0. The molecule has 0 bridgehead atoms. The topological polar surface area (TPSA) is 150 Å². The van der Waals surface area contributed by atoms with Crippen LogP contribution < -0.4 is 11.5 Å². The molecule has 2 amide bonds. The first kappa shape index (κ1) is 29.2. The Hall–Kier alpha value is -4.28. The summed E-state index contributed by atoms with van der Waals surface area (Å²) in [6, 6.07) is 17.1. The van der Waals surface area contributed by atoms with Crippen LogP contribution in [0.3, 0.4) is 0 Å². The summed E-state index contributed by atoms with van der Waals surface area (Å²) in [5.41, 5.74) is 16.9. The SMILES string of the molecule is CC(C)N.NCC(=O)N1CCCC1c1ncc(-c2ccc(-c3ccc(-c4cnc(C5CCCN5C=O)[nH]4)cc3)cc2)[nH]1. The third-order valence-corrected chi connectivity index (χ3v) is 7.72. The highest BCUT2D eigenvalue weighted by Crippen LogP contribution is 2.33. The van der Waals surface area contributed by atoms with Crippen LogP contribution in [0, 0.1) is 0 Å². The number of nitrogens with zero attached hydrogens (tertiary/aromatic N) is 4. The molecule has 6 rings (SSSR count). The summed E-state index contributed by atoms with van der Waals surface area (Å²) in [6.07, 6.45) is 8.39. The third kappa shape index (κ3) is 6.45. The first-order chi connectivity index (χ1) is 20.4. The average molecular weight is 569 g/mol. The number of benzene rings is 2. The van der Waals surface area contributed by atoms with E-state index in [9.17, 15) is 9.59 Å². The molecule has 0 aliphatic carbocycles. The van der Waals surface area contributed by atoms with E-state index in [-0.39, 0.29) is 24.5 Å². The van der Waals surface area contributed by atoms with E-state index in [4.69, 9.17) is 11.5 Å². The minimum atomic E-state index is -0.0364. The van der Waals surface area contributed by atoms with E-state index in [1.807, 2.05) is 36.0 Å². The van der Waals surface area contributed by atoms with Crippen molar-refractivity contribution in [3.05, 3.63) is 72.6 Å². The number of H-pyrrole nitrogens is 2. The van der Waals surface area contributed by atoms with Crippen molar-refractivity contribution in [3.8, 4) is 33.6 Å². The number of likely N-dealkylation sites (tertiary alicyclic amines) is 2. The highest BCUT2D eigenvalue weighted by molar-refractivity contribution is 5.78. The maximum absolute atomic E-state index is 12.2. The number of aromatic amines is 2. The molecule has 6 N–H and O–H groups in total. The largest absolute Gasteiger partial charge is 0.340 e. The monoisotopic (exact) mass is 568 g/mol. The second kappa shape index (κ2) is 13.1. The Morgan fingerprint density at radius 3 is 1.81 bits per heavy atom. The molecule has 4 aromatic rings. The molecule has 0 saturated carbocycles. The molecule has 0 radical (unpaired) electrons. The molecule has 2 unspecified atom stereocenters. The van der Waals surface area contributed by atoms with Crippen molar-refractivity contribution in [1.82, 2.24) is 29.7 Å². The molecular formula is C32H40N8O2. The van der Waals surface area contributed by atoms with Crippen LogP contribution in [0.15, 0.2) is 60.9 Å². The molecule has 2 saturated heterocycles. The van der Waals surface area contributed by atoms with Crippen LogP contribution in [0.4, 0.5) is 0 Å². The van der Waals surface area contributed by atoms with Crippen molar-refractivity contribution in [2.75, 3.05) is 19.6 Å². The van der Waals surface area contributed by atoms with Crippen LogP contribution in [0.1, 0.15) is 63.3 Å². The van der Waals surface area contributed by atoms with E-state index in [1.165, 1.54) is 0 Å². The Morgan fingerprint density at radius 1 is 0.857 bits per heavy atom. The van der Waals surface area contributed by atoms with Crippen molar-refractivity contribution in [2.24, 2.45) is 11.5 Å². The quantitative estimate of drug-likeness (QED) is 0.243. The summed E-state index contributed by atoms with van der Waals surface area (Å²) in [4.78, 5) is 43.1. The number of nitrogens with one attached hydrogen (secondary N) is 2. The van der Waals surface area contributed by atoms with Gasteiger partial charge in [0.2, 0.25) is 12.3 Å². The predicted octanol–water partition coefficient (Wildman–Crippen LogP) is 4.40. The van der Waals surface area contributed by atoms with Gasteiger partial charge in [0, 0.05) is 13.1 Å². The lowest BCUT2D eigenvalue weighted by Crippen LogP contribution is -2.35. The van der Waals surface area contributed by atoms with Crippen LogP contribution in [0.25, 0.3) is 33.6 Å². The van der Waals surface area contributed by atoms with Gasteiger partial charge in [-0.25, -0.2) is 9.97 Å². The van der Waals surface area contributed by atoms with Crippen molar-refractivity contribution in [3.63, 3.8) is 0 Å². The summed E-state index contributed by atoms with van der Waals surface area (Å²) in [6.45, 7) is 5.43. The number of hydrogen-bond donors (Lipinski definition) is 4. The second-order valence-corrected chi connectivity index (χ2v) is 11.2. The highest BCUT2D eigenvalue weighted by atomic mass is 16.2. The zero-order valence-electron chi connectivity index (χ0n) is 24.3. The molecule has 42 heavy (non-hydrogen) atoms. The number of rotatable bonds is 7. The van der Waals surface area contributed by atoms with Gasteiger partial charge in [-0.15, -0.1) is 0 Å². The highest BCUT2D eigenvalue weighted by Gasteiger charge is 2.31. The van der Waals surface area contributed by atoms with Gasteiger partial charge in [0.1, 0.15) is 11.6 Å². The van der Waals surface area contributed by atoms with E-state index >= 15 is 0 Å². The third-order valence-electron chi connectivity index (χ3n) is 7.72. The van der Waals surface area contributed by atoms with Crippen molar-refractivity contribution in [1.29, 1.82) is 0 Å². The molecule has 0 spiro atoms. The Morgan fingerprint density at radius 2 is 1.31 bits per heavy atom. The number of carbonyl (C=O) groups excluding carboxylic acids is 2. The minimum Gasteiger partial charge on any atom is -0.340 e. The van der Waals surface area contributed by atoms with Crippen molar-refractivity contribution >= 4 is 12.3 Å². The smallest absolute Gasteiger partial charge is 0.236 e. The van der Waals surface area contributed by atoms with Gasteiger partial charge in [-0.1, -0.05) is 62.4 Å². The average Bonchev–Trinajstić information content (AvgIpc) is 3.82. The fourth-order valence-corrected chi connectivity index (χ4v) is 5.67. The standard InChI is InChI=1S/C29H31N7O2.C3H9N/c30-15-27(38)36-14-2-4-26(36)29-32-17-24(34-29)22-11-7-20(8-12-22)19-5-9-21(10-6-19)23-16-31-28(33-23)25-3-1-13-35(25)18-37;1-3(2)4/h5-12,16-18,25-26H,1-4,13-15,30H2,(H,31,33)(H,32,34);3H,4H2,1-2H3. The molecule has 2 aliphatic heterocycles. The van der Waals surface area contributed by atoms with Gasteiger partial charge < -0.3 is 31.2 Å². The summed E-state index contributed by atoms with van der Waals surface area (Å²) < 4.78 is 0. The fourth-order valence-electron chi connectivity index (χ4n) is 5.67. The molecule has 220 valence electrons. The number of imidazole rings is 2. The van der Waals surface area contributed by atoms with Crippen molar-refractivity contribution < 1.29 is 9.59 Å². The van der Waals surface area contributed by atoms with Gasteiger partial charge in [-0.3, -0.25) is 9.59 Å². The minimum absolute atomic E-state index is 0.0239. The lowest BCUT2D eigenvalue weighted by Gasteiger charge is -2.22. The number of carbonyl (C=O) groups is 2. The zero-order valence-corrected chi connectivity index (χ0v) is 24.3. The molecule has 10 nitrogen and oxygen atoms in total. The summed E-state index contributed by atoms with van der Waals surface area (Å²) in [5, 5.41) is 0. The number of nitrogens with two attached hydrogens (primary N) is 2. The van der Waals surface area contributed by atoms with E-state index < -0.39 is 0 Å². The second-order valence-electron chi connectivity index (χ2n) is 11.2. The molecule has 2 aliphatic rings. The summed E-state index contributed by atoms with van der Waals surface area (Å²) in [7, 11) is 0. The van der Waals surface area contributed by atoms with Gasteiger partial charge >= 0.3 is 0 Å². The van der Waals surface area contributed by atoms with Crippen molar-refractivity contribution in [2.45, 2.75) is 57.7 Å². The Kier molecular flexibility index (Phi) is 9.14. The maximum atomic E-state index is 12.2. The van der Waals surface area contributed by atoms with E-state index in [1.54, 1.807) is 0 Å². The molecular weight excluding hydrogens is 528 g/mol. The molecule has 2 fully saturated rings. The van der Waals surface area contributed by atoms with Crippen LogP contribution in [-0.4, -0.2) is 67.7 Å². The molecule has 2 atom stereocenters. The fraction of sp³-hybridized carbons (Fsp3) is 0.375. The zero-order chi connectivity index (χ0) is 29.6. The van der Waals surface area contributed by atoms with Crippen LogP contribution in [0.5, 0.6) is 0 Å². The van der Waals surface area contributed by atoms with Crippen LogP contribution >= 0.6 is 0 Å². The molecule has 10 heteroatoms. The van der Waals surface area contributed by atoms with Gasteiger partial charge in [0.05, 0.1) is 42.4 Å². The first-order valence-electron chi connectivity index (χ1n) is 14.6. The van der Waals surface area contributed by atoms with E-state index in [2.05, 4.69) is 68.5 Å². The Bertz CT molecular complexity index is 1470. The normalized spacial score (nSPS) is 18.3. The predicted molar refractivity (Wildman–Crippen MR) is 164 cm³/mol. The lowest BCUT2D eigenvalue weighted by molar-refractivity contribution is -0.130. The summed E-state index contributed by atoms with van der Waals surface area (Å²) in [5.74, 6) is 1.62. The molecule has 2 aromatic heterocycles. The maximum Gasteiger partial charge on any atom is 0.236 e. The van der Waals surface area contributed by atoms with E-state index in [0.717, 1.165) is 90.5 Å². The van der Waals surface area contributed by atoms with Gasteiger partial charge in [0.15, 0.2) is 0 Å².